The summed E-state index contributed by atoms with van der Waals surface area (Å²) in [7, 11) is 0. The second-order valence-corrected chi connectivity index (χ2v) is 1.18. The van der Waals surface area contributed by atoms with Gasteiger partial charge >= 0.3 is 6.03 Å². The summed E-state index contributed by atoms with van der Waals surface area (Å²) in [6, 6.07) is -0.955. The summed E-state index contributed by atoms with van der Waals surface area (Å²) in [5.41, 5.74) is 4.49. The number of nitrogens with one attached hydrogen (secondary N) is 1. The Balaban J connectivity index is 0. The van der Waals surface area contributed by atoms with Crippen molar-refractivity contribution in [2.45, 2.75) is 0 Å². The molecule has 0 saturated heterocycles. The van der Waals surface area contributed by atoms with Gasteiger partial charge in [-0.1, -0.05) is 0 Å². The number of primary amides is 1. The molecule has 11 heavy (non-hydrogen) atoms. The van der Waals surface area contributed by atoms with Gasteiger partial charge in [-0.3, -0.25) is 14.9 Å². The number of rotatable bonds is 1. The van der Waals surface area contributed by atoms with Crippen molar-refractivity contribution in [1.29, 1.82) is 0 Å². The van der Waals surface area contributed by atoms with Crippen LogP contribution in [0, 0.1) is 0 Å². The quantitative estimate of drug-likeness (QED) is 0.329. The van der Waals surface area contributed by atoms with Gasteiger partial charge in [0.05, 0.1) is 0 Å². The standard InChI is InChI=1S/C3H6N2O3.CH2O2/c4-3(8)5-2(7)1-6;2-1-3/h6H,1H2,(H3,4,5,7,8);1H,(H,2,3). The summed E-state index contributed by atoms with van der Waals surface area (Å²) in [5.74, 6) is -0.794. The molecule has 0 aliphatic rings. The molecule has 0 unspecified atom stereocenters. The third-order valence-electron chi connectivity index (χ3n) is 0.406. The summed E-state index contributed by atoms with van der Waals surface area (Å²) in [6.45, 7) is -0.969. The maximum Gasteiger partial charge on any atom is 0.318 e. The molecule has 5 N–H and O–H groups in total. The Labute approximate surface area is 61.8 Å². The van der Waals surface area contributed by atoms with Crippen LogP contribution < -0.4 is 11.1 Å². The molecule has 7 heteroatoms. The normalized spacial score (nSPS) is 7.00. The summed E-state index contributed by atoms with van der Waals surface area (Å²) < 4.78 is 0. The van der Waals surface area contributed by atoms with E-state index in [0.29, 0.717) is 0 Å². The molecule has 0 aromatic carbocycles. The molecule has 0 bridgehead atoms. The highest BCUT2D eigenvalue weighted by molar-refractivity contribution is 5.93. The molecule has 0 radical (unpaired) electrons. The number of carboxylic acid groups (broad SMARTS) is 1. The van der Waals surface area contributed by atoms with Gasteiger partial charge in [0.2, 0.25) is 0 Å². The molecule has 0 rings (SSSR count). The van der Waals surface area contributed by atoms with Crippen molar-refractivity contribution in [2.75, 3.05) is 6.61 Å². The Bertz CT molecular complexity index is 145. The average Bonchev–Trinajstić information content (AvgIpc) is 1.88. The van der Waals surface area contributed by atoms with Gasteiger partial charge in [-0.15, -0.1) is 0 Å². The molecule has 7 nitrogen and oxygen atoms in total. The lowest BCUT2D eigenvalue weighted by Crippen LogP contribution is -2.36. The SMILES string of the molecule is NC(=O)NC(=O)CO.O=CO. The van der Waals surface area contributed by atoms with Crippen LogP contribution in [-0.2, 0) is 9.59 Å². The van der Waals surface area contributed by atoms with Gasteiger partial charge in [-0.2, -0.15) is 0 Å². The molecular formula is C4H8N2O5. The van der Waals surface area contributed by atoms with Crippen LogP contribution in [0.4, 0.5) is 4.79 Å². The van der Waals surface area contributed by atoms with E-state index < -0.39 is 18.5 Å². The molecule has 0 aromatic heterocycles. The van der Waals surface area contributed by atoms with E-state index in [1.54, 1.807) is 5.32 Å². The fourth-order valence-electron chi connectivity index (χ4n) is 0.177. The smallest absolute Gasteiger partial charge is 0.318 e. The predicted molar refractivity (Wildman–Crippen MR) is 33.5 cm³/mol. The minimum absolute atomic E-state index is 0.250. The van der Waals surface area contributed by atoms with Crippen molar-refractivity contribution in [3.63, 3.8) is 0 Å². The van der Waals surface area contributed by atoms with Crippen molar-refractivity contribution in [3.05, 3.63) is 0 Å². The number of hydrogen-bond donors (Lipinski definition) is 4. The highest BCUT2D eigenvalue weighted by Gasteiger charge is 1.98. The van der Waals surface area contributed by atoms with E-state index >= 15 is 0 Å². The number of aliphatic hydroxyl groups is 1. The van der Waals surface area contributed by atoms with Gasteiger partial charge in [0, 0.05) is 0 Å². The Kier molecular flexibility index (Phi) is 9.20. The molecule has 3 amide bonds. The highest BCUT2D eigenvalue weighted by atomic mass is 16.3. The predicted octanol–water partition coefficient (Wildman–Crippen LogP) is -2.13. The number of carbonyl (C=O) groups is 3. The lowest BCUT2D eigenvalue weighted by atomic mass is 10.6. The van der Waals surface area contributed by atoms with E-state index in [0.717, 1.165) is 0 Å². The van der Waals surface area contributed by atoms with E-state index in [-0.39, 0.29) is 6.47 Å². The number of imide groups is 1. The van der Waals surface area contributed by atoms with Gasteiger partial charge in [0.1, 0.15) is 6.61 Å². The van der Waals surface area contributed by atoms with Gasteiger partial charge in [0.15, 0.2) is 0 Å². The molecule has 64 valence electrons. The summed E-state index contributed by atoms with van der Waals surface area (Å²) in [4.78, 5) is 28.1. The zero-order valence-corrected chi connectivity index (χ0v) is 5.48. The number of carbonyl (C=O) groups excluding carboxylic acids is 2. The largest absolute Gasteiger partial charge is 0.483 e. The fourth-order valence-corrected chi connectivity index (χ4v) is 0.177. The third kappa shape index (κ3) is 17.8. The zero-order valence-electron chi connectivity index (χ0n) is 5.48. The molecule has 0 spiro atoms. The maximum absolute atomic E-state index is 9.96. The van der Waals surface area contributed by atoms with E-state index in [1.165, 1.54) is 0 Å². The fraction of sp³-hybridized carbons (Fsp3) is 0.250. The summed E-state index contributed by atoms with van der Waals surface area (Å²) >= 11 is 0. The van der Waals surface area contributed by atoms with Crippen molar-refractivity contribution in [3.8, 4) is 0 Å². The van der Waals surface area contributed by atoms with Crippen LogP contribution in [-0.4, -0.2) is 35.2 Å². The van der Waals surface area contributed by atoms with Crippen molar-refractivity contribution in [1.82, 2.24) is 5.32 Å². The van der Waals surface area contributed by atoms with Crippen molar-refractivity contribution in [2.24, 2.45) is 5.73 Å². The summed E-state index contributed by atoms with van der Waals surface area (Å²) in [5, 5.41) is 16.5. The Morgan fingerprint density at radius 2 is 1.91 bits per heavy atom. The molecule has 0 aliphatic carbocycles. The first-order valence-electron chi connectivity index (χ1n) is 2.36. The first-order chi connectivity index (χ1) is 5.08. The molecule has 0 heterocycles. The van der Waals surface area contributed by atoms with E-state index in [9.17, 15) is 9.59 Å². The van der Waals surface area contributed by atoms with E-state index in [2.05, 4.69) is 5.73 Å². The zero-order chi connectivity index (χ0) is 9.28. The average molecular weight is 164 g/mol. The molecule has 0 aliphatic heterocycles. The number of nitrogens with two attached hydrogens (primary N) is 1. The monoisotopic (exact) mass is 164 g/mol. The number of aliphatic hydroxyl groups excluding tert-OH is 1. The van der Waals surface area contributed by atoms with E-state index in [1.807, 2.05) is 0 Å². The molecule has 0 fully saturated rings. The third-order valence-corrected chi connectivity index (χ3v) is 0.406. The van der Waals surface area contributed by atoms with Crippen LogP contribution >= 0.6 is 0 Å². The number of amides is 3. The van der Waals surface area contributed by atoms with Crippen LogP contribution in [0.1, 0.15) is 0 Å². The van der Waals surface area contributed by atoms with Crippen LogP contribution in [0.25, 0.3) is 0 Å². The van der Waals surface area contributed by atoms with Gasteiger partial charge in [-0.05, 0) is 0 Å². The van der Waals surface area contributed by atoms with Crippen LogP contribution in [0.5, 0.6) is 0 Å². The first-order valence-corrected chi connectivity index (χ1v) is 2.36. The lowest BCUT2D eigenvalue weighted by molar-refractivity contribution is -0.123. The van der Waals surface area contributed by atoms with Crippen LogP contribution in [0.2, 0.25) is 0 Å². The molecule has 0 aromatic rings. The first kappa shape index (κ1) is 12.1. The lowest BCUT2D eigenvalue weighted by Gasteiger charge is -1.92. The molecule has 0 atom stereocenters. The summed E-state index contributed by atoms with van der Waals surface area (Å²) in [6.07, 6.45) is 0. The minimum Gasteiger partial charge on any atom is -0.483 e. The van der Waals surface area contributed by atoms with E-state index in [4.69, 9.17) is 15.0 Å². The molecule has 0 saturated carbocycles. The molecular weight excluding hydrogens is 156 g/mol. The second kappa shape index (κ2) is 8.37. The van der Waals surface area contributed by atoms with Gasteiger partial charge in [-0.25, -0.2) is 4.79 Å². The van der Waals surface area contributed by atoms with Crippen LogP contribution in [0.15, 0.2) is 0 Å². The Hall–Kier alpha value is -1.63. The van der Waals surface area contributed by atoms with Crippen molar-refractivity contribution >= 4 is 18.4 Å². The Morgan fingerprint density at radius 1 is 1.55 bits per heavy atom. The topological polar surface area (TPSA) is 130 Å². The Morgan fingerprint density at radius 3 is 2.00 bits per heavy atom. The van der Waals surface area contributed by atoms with Gasteiger partial charge in [0.25, 0.3) is 12.4 Å². The number of hydrogen-bond acceptors (Lipinski definition) is 4. The maximum atomic E-state index is 9.96. The number of urea groups is 1. The van der Waals surface area contributed by atoms with Crippen LogP contribution in [0.3, 0.4) is 0 Å². The van der Waals surface area contributed by atoms with Crippen molar-refractivity contribution < 1.29 is 24.6 Å². The van der Waals surface area contributed by atoms with Gasteiger partial charge < -0.3 is 15.9 Å². The second-order valence-electron chi connectivity index (χ2n) is 1.18. The minimum atomic E-state index is -0.955. The highest BCUT2D eigenvalue weighted by Crippen LogP contribution is 1.58.